The molecule has 0 spiro atoms. The molecule has 1 aliphatic rings. The summed E-state index contributed by atoms with van der Waals surface area (Å²) in [7, 11) is 1.36. The number of esters is 1. The maximum Gasteiger partial charge on any atom is 0.330 e. The van der Waals surface area contributed by atoms with E-state index in [1.165, 1.54) is 13.2 Å². The highest BCUT2D eigenvalue weighted by Crippen LogP contribution is 2.26. The average Bonchev–Trinajstić information content (AvgIpc) is 2.51. The largest absolute Gasteiger partial charge is 0.466 e. The first-order valence-corrected chi connectivity index (χ1v) is 4.59. The van der Waals surface area contributed by atoms with Crippen LogP contribution in [-0.4, -0.2) is 32.1 Å². The summed E-state index contributed by atoms with van der Waals surface area (Å²) in [6.07, 6.45) is 2.04. The van der Waals surface area contributed by atoms with Crippen LogP contribution < -0.4 is 0 Å². The first-order chi connectivity index (χ1) is 6.56. The second-order valence-electron chi connectivity index (χ2n) is 3.52. The summed E-state index contributed by atoms with van der Waals surface area (Å²) in [5.74, 6) is -0.918. The second kappa shape index (κ2) is 4.57. The van der Waals surface area contributed by atoms with Crippen LogP contribution in [0.15, 0.2) is 11.6 Å². The molecule has 0 aromatic carbocycles. The number of hydrogen-bond donors (Lipinski definition) is 0. The molecule has 0 radical (unpaired) electrons. The van der Waals surface area contributed by atoms with Crippen LogP contribution in [0.4, 0.5) is 0 Å². The minimum Gasteiger partial charge on any atom is -0.466 e. The van der Waals surface area contributed by atoms with Gasteiger partial charge >= 0.3 is 5.97 Å². The van der Waals surface area contributed by atoms with Gasteiger partial charge in [-0.1, -0.05) is 5.57 Å². The fourth-order valence-corrected chi connectivity index (χ4v) is 1.48. The molecule has 0 aromatic heterocycles. The van der Waals surface area contributed by atoms with Crippen molar-refractivity contribution in [3.63, 3.8) is 0 Å². The quantitative estimate of drug-likeness (QED) is 0.508. The Labute approximate surface area is 83.8 Å². The van der Waals surface area contributed by atoms with Crippen LogP contribution in [0.1, 0.15) is 20.3 Å². The molecule has 1 rings (SSSR count). The molecule has 0 aliphatic carbocycles. The van der Waals surface area contributed by atoms with Gasteiger partial charge in [-0.25, -0.2) is 4.79 Å². The highest BCUT2D eigenvalue weighted by molar-refractivity contribution is 5.82. The van der Waals surface area contributed by atoms with Gasteiger partial charge < -0.3 is 14.2 Å². The zero-order valence-electron chi connectivity index (χ0n) is 8.83. The monoisotopic (exact) mass is 200 g/mol. The van der Waals surface area contributed by atoms with E-state index in [0.717, 1.165) is 5.57 Å². The highest BCUT2D eigenvalue weighted by atomic mass is 16.7. The number of hydrogen-bond acceptors (Lipinski definition) is 4. The fraction of sp³-hybridized carbons (Fsp3) is 0.700. The van der Waals surface area contributed by atoms with Crippen molar-refractivity contribution < 1.29 is 19.0 Å². The van der Waals surface area contributed by atoms with Crippen LogP contribution in [0, 0.1) is 0 Å². The van der Waals surface area contributed by atoms with Gasteiger partial charge in [-0.15, -0.1) is 0 Å². The van der Waals surface area contributed by atoms with Crippen molar-refractivity contribution >= 4 is 5.97 Å². The van der Waals surface area contributed by atoms with Gasteiger partial charge in [0.25, 0.3) is 0 Å². The molecule has 1 fully saturated rings. The van der Waals surface area contributed by atoms with Gasteiger partial charge in [0.05, 0.1) is 20.3 Å². The number of rotatable bonds is 3. The van der Waals surface area contributed by atoms with E-state index in [9.17, 15) is 4.79 Å². The zero-order valence-corrected chi connectivity index (χ0v) is 8.83. The molecule has 14 heavy (non-hydrogen) atoms. The first kappa shape index (κ1) is 11.2. The summed E-state index contributed by atoms with van der Waals surface area (Å²) in [4.78, 5) is 10.9. The Hall–Kier alpha value is -0.870. The fourth-order valence-electron chi connectivity index (χ4n) is 1.48. The van der Waals surface area contributed by atoms with Gasteiger partial charge in [0.2, 0.25) is 0 Å². The third-order valence-corrected chi connectivity index (χ3v) is 2.06. The van der Waals surface area contributed by atoms with Gasteiger partial charge in [0.1, 0.15) is 0 Å². The molecule has 1 saturated heterocycles. The maximum absolute atomic E-state index is 10.9. The lowest BCUT2D eigenvalue weighted by Crippen LogP contribution is -2.25. The molecular formula is C10H16O4. The van der Waals surface area contributed by atoms with E-state index >= 15 is 0 Å². The molecule has 0 saturated carbocycles. The summed E-state index contributed by atoms with van der Waals surface area (Å²) in [5.41, 5.74) is 0.890. The Kier molecular flexibility index (Phi) is 3.66. The summed E-state index contributed by atoms with van der Waals surface area (Å²) in [6, 6.07) is 0. The predicted molar refractivity (Wildman–Crippen MR) is 50.7 cm³/mol. The number of carbonyl (C=O) groups excluding carboxylic acids is 1. The average molecular weight is 200 g/mol. The van der Waals surface area contributed by atoms with Crippen molar-refractivity contribution in [3.05, 3.63) is 11.6 Å². The molecule has 4 heteroatoms. The Balaban J connectivity index is 2.50. The van der Waals surface area contributed by atoms with E-state index in [4.69, 9.17) is 9.47 Å². The lowest BCUT2D eigenvalue weighted by atomic mass is 10.1. The normalized spacial score (nSPS) is 20.9. The van der Waals surface area contributed by atoms with E-state index in [2.05, 4.69) is 4.74 Å². The van der Waals surface area contributed by atoms with Crippen molar-refractivity contribution in [1.82, 2.24) is 0 Å². The van der Waals surface area contributed by atoms with Crippen molar-refractivity contribution in [2.45, 2.75) is 26.1 Å². The van der Waals surface area contributed by atoms with Gasteiger partial charge in [-0.3, -0.25) is 0 Å². The molecule has 80 valence electrons. The summed E-state index contributed by atoms with van der Waals surface area (Å²) < 4.78 is 15.3. The maximum atomic E-state index is 10.9. The summed E-state index contributed by atoms with van der Waals surface area (Å²) >= 11 is 0. The standard InChI is InChI=1S/C10H16O4/c1-8(6-9(11)12-3)7-10(2)13-4-5-14-10/h6H,4-5,7H2,1-3H3/b8-6+. The minimum absolute atomic E-state index is 0.343. The van der Waals surface area contributed by atoms with Crippen molar-refractivity contribution in [2.24, 2.45) is 0 Å². The van der Waals surface area contributed by atoms with Gasteiger partial charge in [0, 0.05) is 12.5 Å². The minimum atomic E-state index is -0.575. The summed E-state index contributed by atoms with van der Waals surface area (Å²) in [6.45, 7) is 4.95. The molecule has 1 heterocycles. The highest BCUT2D eigenvalue weighted by Gasteiger charge is 2.30. The van der Waals surface area contributed by atoms with E-state index in [1.54, 1.807) is 0 Å². The Bertz CT molecular complexity index is 239. The second-order valence-corrected chi connectivity index (χ2v) is 3.52. The molecule has 0 bridgehead atoms. The predicted octanol–water partition coefficient (Wildman–Crippen LogP) is 1.26. The first-order valence-electron chi connectivity index (χ1n) is 4.59. The molecular weight excluding hydrogens is 184 g/mol. The van der Waals surface area contributed by atoms with Gasteiger partial charge in [-0.05, 0) is 13.8 Å². The molecule has 0 amide bonds. The Morgan fingerprint density at radius 2 is 2.07 bits per heavy atom. The smallest absolute Gasteiger partial charge is 0.330 e. The number of carbonyl (C=O) groups is 1. The molecule has 0 atom stereocenters. The number of ether oxygens (including phenoxy) is 3. The molecule has 1 aliphatic heterocycles. The van der Waals surface area contributed by atoms with Crippen molar-refractivity contribution in [3.8, 4) is 0 Å². The van der Waals surface area contributed by atoms with Crippen LogP contribution in [0.25, 0.3) is 0 Å². The van der Waals surface area contributed by atoms with E-state index in [0.29, 0.717) is 19.6 Å². The lowest BCUT2D eigenvalue weighted by Gasteiger charge is -2.22. The van der Waals surface area contributed by atoms with E-state index < -0.39 is 5.79 Å². The Morgan fingerprint density at radius 1 is 1.50 bits per heavy atom. The van der Waals surface area contributed by atoms with Crippen LogP contribution in [0.3, 0.4) is 0 Å². The van der Waals surface area contributed by atoms with Crippen LogP contribution in [-0.2, 0) is 19.0 Å². The van der Waals surface area contributed by atoms with Crippen molar-refractivity contribution in [2.75, 3.05) is 20.3 Å². The van der Waals surface area contributed by atoms with E-state index in [1.807, 2.05) is 13.8 Å². The lowest BCUT2D eigenvalue weighted by molar-refractivity contribution is -0.140. The third kappa shape index (κ3) is 3.12. The number of methoxy groups -OCH3 is 1. The third-order valence-electron chi connectivity index (χ3n) is 2.06. The van der Waals surface area contributed by atoms with Gasteiger partial charge in [0.15, 0.2) is 5.79 Å². The van der Waals surface area contributed by atoms with Crippen LogP contribution in [0.2, 0.25) is 0 Å². The zero-order chi connectivity index (χ0) is 10.6. The topological polar surface area (TPSA) is 44.8 Å². The molecule has 0 unspecified atom stereocenters. The van der Waals surface area contributed by atoms with Gasteiger partial charge in [-0.2, -0.15) is 0 Å². The molecule has 4 nitrogen and oxygen atoms in total. The van der Waals surface area contributed by atoms with Crippen molar-refractivity contribution in [1.29, 1.82) is 0 Å². The molecule has 0 N–H and O–H groups in total. The van der Waals surface area contributed by atoms with Crippen LogP contribution >= 0.6 is 0 Å². The Morgan fingerprint density at radius 3 is 2.57 bits per heavy atom. The van der Waals surface area contributed by atoms with Crippen LogP contribution in [0.5, 0.6) is 0 Å². The molecule has 0 aromatic rings. The SMILES string of the molecule is COC(=O)/C=C(\C)CC1(C)OCCO1. The summed E-state index contributed by atoms with van der Waals surface area (Å²) in [5, 5.41) is 0. The van der Waals surface area contributed by atoms with E-state index in [-0.39, 0.29) is 5.97 Å².